The Morgan fingerprint density at radius 3 is 2.72 bits per heavy atom. The number of rotatable bonds is 4. The molecule has 0 aliphatic carbocycles. The van der Waals surface area contributed by atoms with E-state index in [1.807, 2.05) is 13.0 Å². The molecule has 0 aliphatic heterocycles. The first-order valence-electron chi connectivity index (χ1n) is 5.20. The van der Waals surface area contributed by atoms with Crippen molar-refractivity contribution in [2.75, 3.05) is 5.32 Å². The maximum Gasteiger partial charge on any atom is 0.315 e. The molecule has 2 rings (SSSR count). The molecule has 2 aromatic rings. The summed E-state index contributed by atoms with van der Waals surface area (Å²) < 4.78 is 5.25. The molecule has 1 aromatic carbocycles. The molecule has 0 spiro atoms. The fourth-order valence-corrected chi connectivity index (χ4v) is 2.16. The number of alkyl halides is 1. The summed E-state index contributed by atoms with van der Waals surface area (Å²) in [4.78, 5) is 0. The molecule has 1 unspecified atom stereocenters. The van der Waals surface area contributed by atoms with Crippen LogP contribution in [0.1, 0.15) is 24.4 Å². The van der Waals surface area contributed by atoms with Crippen LogP contribution in [0.15, 0.2) is 22.6 Å². The summed E-state index contributed by atoms with van der Waals surface area (Å²) in [5.41, 5.74) is 0.895. The van der Waals surface area contributed by atoms with Gasteiger partial charge in [0.15, 0.2) is 0 Å². The van der Waals surface area contributed by atoms with Crippen LogP contribution in [0, 0.1) is 0 Å². The number of nitrogens with zero attached hydrogens (tertiary/aromatic N) is 2. The van der Waals surface area contributed by atoms with E-state index in [9.17, 15) is 0 Å². The van der Waals surface area contributed by atoms with Gasteiger partial charge in [-0.3, -0.25) is 0 Å². The summed E-state index contributed by atoms with van der Waals surface area (Å²) in [5.74, 6) is 0.554. The van der Waals surface area contributed by atoms with E-state index in [-0.39, 0.29) is 11.9 Å². The van der Waals surface area contributed by atoms with Crippen LogP contribution in [-0.4, -0.2) is 10.2 Å². The highest BCUT2D eigenvalue weighted by Gasteiger charge is 2.13. The normalized spacial score (nSPS) is 12.4. The Morgan fingerprint density at radius 1 is 1.33 bits per heavy atom. The van der Waals surface area contributed by atoms with Gasteiger partial charge in [-0.25, -0.2) is 0 Å². The van der Waals surface area contributed by atoms with Crippen LogP contribution in [0.2, 0.25) is 10.0 Å². The molecule has 96 valence electrons. The van der Waals surface area contributed by atoms with E-state index >= 15 is 0 Å². The van der Waals surface area contributed by atoms with Crippen molar-refractivity contribution in [2.45, 2.75) is 18.8 Å². The lowest BCUT2D eigenvalue weighted by Crippen LogP contribution is -2.07. The Kier molecular flexibility index (Phi) is 4.32. The van der Waals surface area contributed by atoms with Gasteiger partial charge in [0.25, 0.3) is 0 Å². The molecule has 4 nitrogen and oxygen atoms in total. The number of benzene rings is 1. The van der Waals surface area contributed by atoms with Gasteiger partial charge in [-0.2, -0.15) is 0 Å². The minimum absolute atomic E-state index is 0.0848. The third-order valence-corrected chi connectivity index (χ3v) is 3.14. The number of halogens is 3. The Hall–Kier alpha value is -0.970. The molecule has 18 heavy (non-hydrogen) atoms. The standard InChI is InChI=1S/C11H10Cl3N3O/c1-6(8-3-2-7(13)4-9(8)14)15-11-17-16-10(5-12)18-11/h2-4,6H,5H2,1H3,(H,15,17). The summed E-state index contributed by atoms with van der Waals surface area (Å²) in [7, 11) is 0. The molecule has 0 bridgehead atoms. The molecule has 0 fully saturated rings. The maximum atomic E-state index is 6.11. The van der Waals surface area contributed by atoms with Crippen LogP contribution in [0.4, 0.5) is 6.01 Å². The SMILES string of the molecule is CC(Nc1nnc(CCl)o1)c1ccc(Cl)cc1Cl. The van der Waals surface area contributed by atoms with Crippen molar-refractivity contribution in [1.82, 2.24) is 10.2 Å². The second-order valence-electron chi connectivity index (χ2n) is 3.67. The second-order valence-corrected chi connectivity index (χ2v) is 4.78. The molecule has 1 heterocycles. The van der Waals surface area contributed by atoms with Gasteiger partial charge in [0.05, 0.1) is 6.04 Å². The quantitative estimate of drug-likeness (QED) is 0.856. The molecule has 1 aromatic heterocycles. The van der Waals surface area contributed by atoms with Gasteiger partial charge in [0.1, 0.15) is 5.88 Å². The first-order chi connectivity index (χ1) is 8.60. The van der Waals surface area contributed by atoms with Crippen LogP contribution in [0.5, 0.6) is 0 Å². The van der Waals surface area contributed by atoms with E-state index in [2.05, 4.69) is 15.5 Å². The average molecular weight is 307 g/mol. The van der Waals surface area contributed by atoms with Gasteiger partial charge in [-0.05, 0) is 24.6 Å². The van der Waals surface area contributed by atoms with Crippen LogP contribution in [-0.2, 0) is 5.88 Å². The number of hydrogen-bond donors (Lipinski definition) is 1. The minimum Gasteiger partial charge on any atom is -0.407 e. The summed E-state index contributed by atoms with van der Waals surface area (Å²) in [6.45, 7) is 1.93. The average Bonchev–Trinajstić information content (AvgIpc) is 2.76. The first-order valence-corrected chi connectivity index (χ1v) is 6.49. The van der Waals surface area contributed by atoms with Crippen molar-refractivity contribution in [2.24, 2.45) is 0 Å². The highest BCUT2D eigenvalue weighted by molar-refractivity contribution is 6.35. The predicted octanol–water partition coefficient (Wildman–Crippen LogP) is 4.29. The lowest BCUT2D eigenvalue weighted by atomic mass is 10.1. The summed E-state index contributed by atoms with van der Waals surface area (Å²) in [6, 6.07) is 5.54. The van der Waals surface area contributed by atoms with E-state index in [1.54, 1.807) is 12.1 Å². The smallest absolute Gasteiger partial charge is 0.315 e. The lowest BCUT2D eigenvalue weighted by molar-refractivity contribution is 0.520. The maximum absolute atomic E-state index is 6.11. The Bertz CT molecular complexity index is 544. The van der Waals surface area contributed by atoms with Crippen molar-refractivity contribution in [1.29, 1.82) is 0 Å². The molecule has 0 saturated carbocycles. The molecule has 0 amide bonds. The fourth-order valence-electron chi connectivity index (χ4n) is 1.48. The van der Waals surface area contributed by atoms with Crippen molar-refractivity contribution in [3.8, 4) is 0 Å². The van der Waals surface area contributed by atoms with Gasteiger partial charge in [-0.1, -0.05) is 34.4 Å². The highest BCUT2D eigenvalue weighted by atomic mass is 35.5. The molecule has 0 saturated heterocycles. The lowest BCUT2D eigenvalue weighted by Gasteiger charge is -2.13. The summed E-state index contributed by atoms with van der Waals surface area (Å²) in [5, 5.41) is 11.8. The molecule has 1 N–H and O–H groups in total. The van der Waals surface area contributed by atoms with Crippen molar-refractivity contribution >= 4 is 40.8 Å². The minimum atomic E-state index is -0.0848. The van der Waals surface area contributed by atoms with E-state index < -0.39 is 0 Å². The topological polar surface area (TPSA) is 51.0 Å². The predicted molar refractivity (Wildman–Crippen MR) is 72.4 cm³/mol. The molecule has 1 atom stereocenters. The van der Waals surface area contributed by atoms with Crippen LogP contribution in [0.25, 0.3) is 0 Å². The van der Waals surface area contributed by atoms with Crippen molar-refractivity contribution in [3.05, 3.63) is 39.7 Å². The van der Waals surface area contributed by atoms with Gasteiger partial charge >= 0.3 is 6.01 Å². The van der Waals surface area contributed by atoms with Gasteiger partial charge in [-0.15, -0.1) is 16.7 Å². The molecular formula is C11H10Cl3N3O. The highest BCUT2D eigenvalue weighted by Crippen LogP contribution is 2.28. The van der Waals surface area contributed by atoms with Gasteiger partial charge < -0.3 is 9.73 Å². The largest absolute Gasteiger partial charge is 0.407 e. The van der Waals surface area contributed by atoms with Gasteiger partial charge in [0.2, 0.25) is 5.89 Å². The Morgan fingerprint density at radius 2 is 2.11 bits per heavy atom. The summed E-state index contributed by atoms with van der Waals surface area (Å²) in [6.07, 6.45) is 0. The first kappa shape index (κ1) is 13.5. The van der Waals surface area contributed by atoms with E-state index in [0.29, 0.717) is 22.0 Å². The molecule has 0 aliphatic rings. The van der Waals surface area contributed by atoms with Crippen LogP contribution < -0.4 is 5.32 Å². The van der Waals surface area contributed by atoms with E-state index in [1.165, 1.54) is 0 Å². The number of anilines is 1. The van der Waals surface area contributed by atoms with Crippen molar-refractivity contribution < 1.29 is 4.42 Å². The third-order valence-electron chi connectivity index (χ3n) is 2.35. The van der Waals surface area contributed by atoms with Crippen LogP contribution >= 0.6 is 34.8 Å². The number of hydrogen-bond acceptors (Lipinski definition) is 4. The second kappa shape index (κ2) is 5.78. The molecule has 7 heteroatoms. The zero-order chi connectivity index (χ0) is 13.1. The zero-order valence-electron chi connectivity index (χ0n) is 9.45. The van der Waals surface area contributed by atoms with E-state index in [4.69, 9.17) is 39.2 Å². The monoisotopic (exact) mass is 305 g/mol. The third kappa shape index (κ3) is 3.07. The molecule has 0 radical (unpaired) electrons. The fraction of sp³-hybridized carbons (Fsp3) is 0.273. The molecular weight excluding hydrogens is 296 g/mol. The summed E-state index contributed by atoms with van der Waals surface area (Å²) >= 11 is 17.5. The number of nitrogens with one attached hydrogen (secondary N) is 1. The zero-order valence-corrected chi connectivity index (χ0v) is 11.7. The van der Waals surface area contributed by atoms with Crippen molar-refractivity contribution in [3.63, 3.8) is 0 Å². The van der Waals surface area contributed by atoms with Gasteiger partial charge in [0, 0.05) is 10.0 Å². The Labute approximate surface area is 119 Å². The van der Waals surface area contributed by atoms with Crippen LogP contribution in [0.3, 0.4) is 0 Å². The number of aromatic nitrogens is 2. The van der Waals surface area contributed by atoms with E-state index in [0.717, 1.165) is 5.56 Å². The Balaban J connectivity index is 2.13.